The third-order valence-electron chi connectivity index (χ3n) is 3.83. The summed E-state index contributed by atoms with van der Waals surface area (Å²) in [6.45, 7) is 7.60. The SMILES string of the molecule is CCc1nc(NN)c(C)c(N2CCC(C(C)O)C2)n1. The van der Waals surface area contributed by atoms with Crippen molar-refractivity contribution in [2.45, 2.75) is 39.7 Å². The van der Waals surface area contributed by atoms with Gasteiger partial charge in [0.25, 0.3) is 0 Å². The van der Waals surface area contributed by atoms with E-state index in [-0.39, 0.29) is 6.10 Å². The molecular weight excluding hydrogens is 242 g/mol. The second-order valence-electron chi connectivity index (χ2n) is 5.17. The molecule has 0 amide bonds. The molecular formula is C13H23N5O. The highest BCUT2D eigenvalue weighted by Crippen LogP contribution is 2.29. The number of rotatable bonds is 4. The van der Waals surface area contributed by atoms with E-state index < -0.39 is 0 Å². The van der Waals surface area contributed by atoms with E-state index in [1.165, 1.54) is 0 Å². The van der Waals surface area contributed by atoms with E-state index in [9.17, 15) is 5.11 Å². The molecule has 1 aliphatic rings. The van der Waals surface area contributed by atoms with E-state index in [0.29, 0.717) is 11.7 Å². The number of hydrogen-bond acceptors (Lipinski definition) is 6. The maximum Gasteiger partial charge on any atom is 0.148 e. The van der Waals surface area contributed by atoms with Gasteiger partial charge in [0, 0.05) is 31.0 Å². The third kappa shape index (κ3) is 2.79. The standard InChI is InChI=1S/C13H23N5O/c1-4-11-15-12(17-14)8(2)13(16-11)18-6-5-10(7-18)9(3)19/h9-10,19H,4-7,14H2,1-3H3,(H,15,16,17). The number of nitrogens with one attached hydrogen (secondary N) is 1. The fraction of sp³-hybridized carbons (Fsp3) is 0.692. The van der Waals surface area contributed by atoms with Crippen LogP contribution in [-0.4, -0.2) is 34.3 Å². The van der Waals surface area contributed by atoms with Gasteiger partial charge in [-0.2, -0.15) is 0 Å². The van der Waals surface area contributed by atoms with Crippen molar-refractivity contribution in [3.05, 3.63) is 11.4 Å². The van der Waals surface area contributed by atoms with Crippen LogP contribution < -0.4 is 16.2 Å². The first-order chi connectivity index (χ1) is 9.06. The lowest BCUT2D eigenvalue weighted by Gasteiger charge is -2.22. The fourth-order valence-electron chi connectivity index (χ4n) is 2.53. The van der Waals surface area contributed by atoms with Gasteiger partial charge in [-0.15, -0.1) is 0 Å². The molecule has 1 fully saturated rings. The number of aryl methyl sites for hydroxylation is 1. The summed E-state index contributed by atoms with van der Waals surface area (Å²) in [5.41, 5.74) is 3.60. The summed E-state index contributed by atoms with van der Waals surface area (Å²) in [6.07, 6.45) is 1.49. The maximum atomic E-state index is 9.70. The third-order valence-corrected chi connectivity index (χ3v) is 3.83. The molecule has 0 saturated carbocycles. The maximum absolute atomic E-state index is 9.70. The monoisotopic (exact) mass is 265 g/mol. The zero-order chi connectivity index (χ0) is 14.0. The summed E-state index contributed by atoms with van der Waals surface area (Å²) in [5.74, 6) is 8.23. The van der Waals surface area contributed by atoms with Crippen LogP contribution in [0.1, 0.15) is 31.7 Å². The summed E-state index contributed by atoms with van der Waals surface area (Å²) in [7, 11) is 0. The largest absolute Gasteiger partial charge is 0.393 e. The predicted molar refractivity (Wildman–Crippen MR) is 76.0 cm³/mol. The number of hydrazine groups is 1. The zero-order valence-corrected chi connectivity index (χ0v) is 11.8. The van der Waals surface area contributed by atoms with E-state index in [4.69, 9.17) is 5.84 Å². The van der Waals surface area contributed by atoms with Crippen LogP contribution in [0.25, 0.3) is 0 Å². The number of nitrogens with two attached hydrogens (primary N) is 1. The second kappa shape index (κ2) is 5.71. The summed E-state index contributed by atoms with van der Waals surface area (Å²) in [5, 5.41) is 9.70. The Balaban J connectivity index is 2.29. The molecule has 0 bridgehead atoms. The number of aliphatic hydroxyl groups is 1. The summed E-state index contributed by atoms with van der Waals surface area (Å²) in [6, 6.07) is 0. The van der Waals surface area contributed by atoms with E-state index >= 15 is 0 Å². The Bertz CT molecular complexity index is 449. The highest BCUT2D eigenvalue weighted by atomic mass is 16.3. The van der Waals surface area contributed by atoms with Crippen LogP contribution in [-0.2, 0) is 6.42 Å². The van der Waals surface area contributed by atoms with Crippen molar-refractivity contribution in [3.8, 4) is 0 Å². The van der Waals surface area contributed by atoms with Gasteiger partial charge < -0.3 is 15.4 Å². The van der Waals surface area contributed by atoms with Crippen LogP contribution in [0, 0.1) is 12.8 Å². The number of aromatic nitrogens is 2. The lowest BCUT2D eigenvalue weighted by molar-refractivity contribution is 0.136. The van der Waals surface area contributed by atoms with Gasteiger partial charge in [0.1, 0.15) is 17.5 Å². The minimum Gasteiger partial charge on any atom is -0.393 e. The van der Waals surface area contributed by atoms with Crippen molar-refractivity contribution in [2.75, 3.05) is 23.4 Å². The van der Waals surface area contributed by atoms with Gasteiger partial charge in [-0.25, -0.2) is 15.8 Å². The molecule has 1 saturated heterocycles. The van der Waals surface area contributed by atoms with E-state index in [0.717, 1.165) is 43.1 Å². The number of anilines is 2. The Morgan fingerprint density at radius 3 is 2.79 bits per heavy atom. The van der Waals surface area contributed by atoms with E-state index in [1.54, 1.807) is 0 Å². The molecule has 106 valence electrons. The molecule has 2 unspecified atom stereocenters. The number of nitrogens with zero attached hydrogens (tertiary/aromatic N) is 3. The smallest absolute Gasteiger partial charge is 0.148 e. The van der Waals surface area contributed by atoms with Crippen LogP contribution in [0.5, 0.6) is 0 Å². The summed E-state index contributed by atoms with van der Waals surface area (Å²) < 4.78 is 0. The highest BCUT2D eigenvalue weighted by molar-refractivity contribution is 5.58. The van der Waals surface area contributed by atoms with Crippen LogP contribution in [0.4, 0.5) is 11.6 Å². The van der Waals surface area contributed by atoms with Gasteiger partial charge in [0.05, 0.1) is 6.10 Å². The van der Waals surface area contributed by atoms with Gasteiger partial charge in [-0.3, -0.25) is 0 Å². The Hall–Kier alpha value is -1.40. The van der Waals surface area contributed by atoms with Gasteiger partial charge in [-0.05, 0) is 20.3 Å². The fourth-order valence-corrected chi connectivity index (χ4v) is 2.53. The Labute approximate surface area is 114 Å². The molecule has 6 nitrogen and oxygen atoms in total. The van der Waals surface area contributed by atoms with Crippen molar-refractivity contribution >= 4 is 11.6 Å². The Morgan fingerprint density at radius 1 is 1.53 bits per heavy atom. The van der Waals surface area contributed by atoms with Crippen LogP contribution in [0.2, 0.25) is 0 Å². The minimum atomic E-state index is -0.273. The molecule has 4 N–H and O–H groups in total. The molecule has 19 heavy (non-hydrogen) atoms. The summed E-state index contributed by atoms with van der Waals surface area (Å²) in [4.78, 5) is 11.2. The van der Waals surface area contributed by atoms with Crippen LogP contribution in [0.3, 0.4) is 0 Å². The number of hydrogen-bond donors (Lipinski definition) is 3. The topological polar surface area (TPSA) is 87.3 Å². The van der Waals surface area contributed by atoms with Crippen molar-refractivity contribution < 1.29 is 5.11 Å². The molecule has 1 aliphatic heterocycles. The lowest BCUT2D eigenvalue weighted by Crippen LogP contribution is -2.26. The Morgan fingerprint density at radius 2 is 2.26 bits per heavy atom. The lowest BCUT2D eigenvalue weighted by atomic mass is 10.0. The minimum absolute atomic E-state index is 0.273. The van der Waals surface area contributed by atoms with Crippen molar-refractivity contribution in [1.29, 1.82) is 0 Å². The first-order valence-corrected chi connectivity index (χ1v) is 6.84. The first-order valence-electron chi connectivity index (χ1n) is 6.84. The predicted octanol–water partition coefficient (Wildman–Crippen LogP) is 0.840. The molecule has 2 heterocycles. The van der Waals surface area contributed by atoms with Crippen molar-refractivity contribution in [2.24, 2.45) is 11.8 Å². The molecule has 0 radical (unpaired) electrons. The van der Waals surface area contributed by atoms with Crippen LogP contribution in [0.15, 0.2) is 0 Å². The number of nitrogen functional groups attached to an aromatic ring is 1. The zero-order valence-electron chi connectivity index (χ0n) is 11.8. The normalized spacial score (nSPS) is 20.7. The van der Waals surface area contributed by atoms with Gasteiger partial charge in [0.15, 0.2) is 0 Å². The second-order valence-corrected chi connectivity index (χ2v) is 5.17. The average Bonchev–Trinajstić information content (AvgIpc) is 2.88. The van der Waals surface area contributed by atoms with Crippen LogP contribution >= 0.6 is 0 Å². The average molecular weight is 265 g/mol. The molecule has 0 aliphatic carbocycles. The van der Waals surface area contributed by atoms with Gasteiger partial charge in [0.2, 0.25) is 0 Å². The number of aliphatic hydroxyl groups excluding tert-OH is 1. The Kier molecular flexibility index (Phi) is 4.21. The van der Waals surface area contributed by atoms with E-state index in [1.807, 2.05) is 20.8 Å². The molecule has 1 aromatic rings. The molecule has 0 aromatic carbocycles. The van der Waals surface area contributed by atoms with Gasteiger partial charge in [-0.1, -0.05) is 6.92 Å². The highest BCUT2D eigenvalue weighted by Gasteiger charge is 2.28. The first kappa shape index (κ1) is 14.0. The molecule has 0 spiro atoms. The van der Waals surface area contributed by atoms with Crippen molar-refractivity contribution in [3.63, 3.8) is 0 Å². The molecule has 2 atom stereocenters. The molecule has 1 aromatic heterocycles. The van der Waals surface area contributed by atoms with Gasteiger partial charge >= 0.3 is 0 Å². The van der Waals surface area contributed by atoms with E-state index in [2.05, 4.69) is 20.3 Å². The van der Waals surface area contributed by atoms with Crippen molar-refractivity contribution in [1.82, 2.24) is 9.97 Å². The molecule has 2 rings (SSSR count). The molecule has 6 heteroatoms. The summed E-state index contributed by atoms with van der Waals surface area (Å²) >= 11 is 0. The quantitative estimate of drug-likeness (QED) is 0.552.